The Morgan fingerprint density at radius 3 is 2.62 bits per heavy atom. The first-order chi connectivity index (χ1) is 16.5. The van der Waals surface area contributed by atoms with Crippen LogP contribution >= 0.6 is 23.1 Å². The molecule has 0 fully saturated rings. The summed E-state index contributed by atoms with van der Waals surface area (Å²) in [5.41, 5.74) is 1.47. The van der Waals surface area contributed by atoms with Crippen molar-refractivity contribution in [1.29, 1.82) is 0 Å². The molecule has 0 N–H and O–H groups in total. The van der Waals surface area contributed by atoms with Gasteiger partial charge < -0.3 is 0 Å². The van der Waals surface area contributed by atoms with Crippen molar-refractivity contribution in [1.82, 2.24) is 28.7 Å². The van der Waals surface area contributed by atoms with Crippen molar-refractivity contribution in [3.05, 3.63) is 92.3 Å². The number of rotatable bonds is 4. The number of hydrogen-bond acceptors (Lipinski definition) is 7. The Bertz CT molecular complexity index is 1840. The van der Waals surface area contributed by atoms with Crippen molar-refractivity contribution in [2.45, 2.75) is 10.9 Å². The summed E-state index contributed by atoms with van der Waals surface area (Å²) in [7, 11) is 1.67. The van der Waals surface area contributed by atoms with Crippen LogP contribution in [0, 0.1) is 5.82 Å². The van der Waals surface area contributed by atoms with Gasteiger partial charge in [-0.25, -0.2) is 9.37 Å². The van der Waals surface area contributed by atoms with Crippen LogP contribution in [0.3, 0.4) is 0 Å². The summed E-state index contributed by atoms with van der Waals surface area (Å²) in [5, 5.41) is 11.3. The van der Waals surface area contributed by atoms with E-state index >= 15 is 0 Å². The Labute approximate surface area is 198 Å². The maximum absolute atomic E-state index is 13.6. The number of nitrogens with zero attached hydrogens (tertiary/aromatic N) is 6. The molecule has 34 heavy (non-hydrogen) atoms. The fraction of sp³-hybridized carbons (Fsp3) is 0.0870. The first-order valence-electron chi connectivity index (χ1n) is 10.2. The zero-order valence-electron chi connectivity index (χ0n) is 17.7. The molecule has 0 aliphatic rings. The van der Waals surface area contributed by atoms with E-state index in [0.29, 0.717) is 43.8 Å². The summed E-state index contributed by atoms with van der Waals surface area (Å²) in [6.45, 7) is 0. The van der Waals surface area contributed by atoms with E-state index in [4.69, 9.17) is 4.98 Å². The second-order valence-corrected chi connectivity index (χ2v) is 9.43. The van der Waals surface area contributed by atoms with Crippen LogP contribution in [0.15, 0.2) is 74.7 Å². The third-order valence-electron chi connectivity index (χ3n) is 5.56. The van der Waals surface area contributed by atoms with Gasteiger partial charge in [-0.1, -0.05) is 23.9 Å². The topological polar surface area (TPSA) is 87.1 Å². The van der Waals surface area contributed by atoms with Crippen molar-refractivity contribution in [3.63, 3.8) is 0 Å². The molecule has 0 aliphatic heterocycles. The molecule has 4 aromatic heterocycles. The van der Waals surface area contributed by atoms with E-state index in [1.165, 1.54) is 44.4 Å². The monoisotopic (exact) mass is 490 g/mol. The smallest absolute Gasteiger partial charge is 0.272 e. The molecule has 0 bridgehead atoms. The Kier molecular flexibility index (Phi) is 4.82. The van der Waals surface area contributed by atoms with Gasteiger partial charge >= 0.3 is 0 Å². The lowest BCUT2D eigenvalue weighted by atomic mass is 10.2. The normalized spacial score (nSPS) is 11.7. The summed E-state index contributed by atoms with van der Waals surface area (Å²) in [4.78, 5) is 30.7. The van der Waals surface area contributed by atoms with E-state index in [0.717, 1.165) is 5.52 Å². The van der Waals surface area contributed by atoms with Crippen molar-refractivity contribution in [3.8, 4) is 5.69 Å². The third-order valence-corrected chi connectivity index (χ3v) is 7.38. The number of fused-ring (bicyclic) bond motifs is 4. The molecule has 6 rings (SSSR count). The molecule has 0 radical (unpaired) electrons. The molecule has 0 atom stereocenters. The van der Waals surface area contributed by atoms with Crippen LogP contribution < -0.4 is 11.1 Å². The zero-order valence-corrected chi connectivity index (χ0v) is 19.3. The number of para-hydroxylation sites is 1. The van der Waals surface area contributed by atoms with Gasteiger partial charge in [-0.2, -0.15) is 0 Å². The van der Waals surface area contributed by atoms with Gasteiger partial charge in [-0.15, -0.1) is 21.5 Å². The van der Waals surface area contributed by atoms with E-state index < -0.39 is 0 Å². The van der Waals surface area contributed by atoms with Gasteiger partial charge in [0.2, 0.25) is 5.78 Å². The minimum Gasteiger partial charge on any atom is -0.279 e. The molecule has 168 valence electrons. The highest BCUT2D eigenvalue weighted by Crippen LogP contribution is 2.26. The van der Waals surface area contributed by atoms with Gasteiger partial charge in [0, 0.05) is 7.05 Å². The maximum Gasteiger partial charge on any atom is 0.272 e. The molecule has 0 aliphatic carbocycles. The lowest BCUT2D eigenvalue weighted by Crippen LogP contribution is -2.22. The summed E-state index contributed by atoms with van der Waals surface area (Å²) in [6, 6.07) is 14.7. The van der Waals surface area contributed by atoms with E-state index in [-0.39, 0.29) is 16.9 Å². The molecular formula is C23H15FN6O2S2. The van der Waals surface area contributed by atoms with Gasteiger partial charge in [0.15, 0.2) is 5.16 Å². The third kappa shape index (κ3) is 3.16. The number of hydrogen-bond donors (Lipinski definition) is 0. The van der Waals surface area contributed by atoms with E-state index in [9.17, 15) is 14.0 Å². The van der Waals surface area contributed by atoms with Gasteiger partial charge in [0.25, 0.3) is 11.1 Å². The van der Waals surface area contributed by atoms with Crippen LogP contribution in [0.2, 0.25) is 0 Å². The van der Waals surface area contributed by atoms with E-state index in [1.807, 2.05) is 21.9 Å². The molecule has 0 saturated carbocycles. The quantitative estimate of drug-likeness (QED) is 0.276. The summed E-state index contributed by atoms with van der Waals surface area (Å²) < 4.78 is 19.0. The van der Waals surface area contributed by atoms with Gasteiger partial charge in [0.1, 0.15) is 16.3 Å². The van der Waals surface area contributed by atoms with Crippen LogP contribution in [0.25, 0.3) is 32.6 Å². The van der Waals surface area contributed by atoms with E-state index in [2.05, 4.69) is 10.2 Å². The van der Waals surface area contributed by atoms with Crippen LogP contribution in [0.4, 0.5) is 4.39 Å². The molecule has 0 spiro atoms. The lowest BCUT2D eigenvalue weighted by molar-refractivity contribution is 0.627. The number of aromatic nitrogens is 6. The molecule has 6 aromatic rings. The van der Waals surface area contributed by atoms with Gasteiger partial charge in [-0.05, 0) is 47.8 Å². The number of aryl methyl sites for hydroxylation is 1. The summed E-state index contributed by atoms with van der Waals surface area (Å²) in [5.74, 6) is 1.01. The average molecular weight is 491 g/mol. The van der Waals surface area contributed by atoms with Crippen LogP contribution in [-0.2, 0) is 12.8 Å². The minimum absolute atomic E-state index is 0.120. The van der Waals surface area contributed by atoms with Crippen molar-refractivity contribution in [2.24, 2.45) is 7.05 Å². The number of thioether (sulfide) groups is 1. The Morgan fingerprint density at radius 1 is 1.00 bits per heavy atom. The van der Waals surface area contributed by atoms with Gasteiger partial charge in [-0.3, -0.25) is 23.1 Å². The fourth-order valence-electron chi connectivity index (χ4n) is 3.90. The molecule has 2 aromatic carbocycles. The number of halogens is 1. The number of benzene rings is 2. The average Bonchev–Trinajstić information content (AvgIpc) is 3.49. The SMILES string of the molecule is Cn1c(=O)c2sccc2n2c(CSc3nc4ccccc4c(=O)n3-c3ccc(F)cc3)nnc12. The molecule has 0 unspecified atom stereocenters. The second kappa shape index (κ2) is 7.89. The molecule has 0 amide bonds. The minimum atomic E-state index is -0.389. The van der Waals surface area contributed by atoms with Crippen molar-refractivity contribution in [2.75, 3.05) is 0 Å². The Balaban J connectivity index is 1.50. The van der Waals surface area contributed by atoms with Crippen molar-refractivity contribution < 1.29 is 4.39 Å². The number of thiophene rings is 1. The maximum atomic E-state index is 13.6. The van der Waals surface area contributed by atoms with Crippen LogP contribution in [0.1, 0.15) is 5.82 Å². The molecule has 8 nitrogen and oxygen atoms in total. The molecule has 4 heterocycles. The van der Waals surface area contributed by atoms with Crippen LogP contribution in [0.5, 0.6) is 0 Å². The van der Waals surface area contributed by atoms with Crippen LogP contribution in [-0.4, -0.2) is 28.7 Å². The summed E-state index contributed by atoms with van der Waals surface area (Å²) in [6.07, 6.45) is 0. The molecular weight excluding hydrogens is 475 g/mol. The summed E-state index contributed by atoms with van der Waals surface area (Å²) >= 11 is 2.69. The second-order valence-electron chi connectivity index (χ2n) is 7.57. The van der Waals surface area contributed by atoms with E-state index in [1.54, 1.807) is 37.4 Å². The Morgan fingerprint density at radius 2 is 1.79 bits per heavy atom. The zero-order chi connectivity index (χ0) is 23.4. The molecule has 11 heteroatoms. The molecule has 0 saturated heterocycles. The standard InChI is InChI=1S/C23H15FN6O2S2/c1-28-21(32)19-17(10-11-33-19)30-18(26-27-22(28)30)12-34-23-25-16-5-3-2-4-15(16)20(31)29(23)14-8-6-13(24)7-9-14/h2-11H,12H2,1H3. The first-order valence-corrected chi connectivity index (χ1v) is 12.1. The van der Waals surface area contributed by atoms with Crippen molar-refractivity contribution >= 4 is 50.0 Å². The highest BCUT2D eigenvalue weighted by molar-refractivity contribution is 7.98. The fourth-order valence-corrected chi connectivity index (χ4v) is 5.68. The van der Waals surface area contributed by atoms with Gasteiger partial charge in [0.05, 0.1) is 27.9 Å². The predicted molar refractivity (Wildman–Crippen MR) is 130 cm³/mol. The Hall–Kier alpha value is -3.83. The predicted octanol–water partition coefficient (Wildman–Crippen LogP) is 3.77. The lowest BCUT2D eigenvalue weighted by Gasteiger charge is -2.13. The largest absolute Gasteiger partial charge is 0.279 e. The highest BCUT2D eigenvalue weighted by Gasteiger charge is 2.18. The highest BCUT2D eigenvalue weighted by atomic mass is 32.2. The first kappa shape index (κ1) is 20.8.